The minimum absolute atomic E-state index is 0.596. The SMILES string of the molecule is CCNC(=NCCCOCC1CCOC1)NCCN(C)C1CCCCC1. The van der Waals surface area contributed by atoms with Crippen molar-refractivity contribution in [1.82, 2.24) is 15.5 Å². The molecule has 2 rings (SSSR count). The van der Waals surface area contributed by atoms with Gasteiger partial charge in [0, 0.05) is 51.4 Å². The smallest absolute Gasteiger partial charge is 0.191 e. The molecule has 0 radical (unpaired) electrons. The number of ether oxygens (including phenoxy) is 2. The third kappa shape index (κ3) is 8.69. The summed E-state index contributed by atoms with van der Waals surface area (Å²) in [6.07, 6.45) is 9.02. The Balaban J connectivity index is 1.54. The molecule has 0 aromatic heterocycles. The molecule has 1 heterocycles. The molecule has 1 unspecified atom stereocenters. The van der Waals surface area contributed by atoms with Crippen molar-refractivity contribution in [2.45, 2.75) is 57.9 Å². The van der Waals surface area contributed by atoms with Crippen molar-refractivity contribution in [1.29, 1.82) is 0 Å². The predicted octanol–water partition coefficient (Wildman–Crippen LogP) is 2.25. The predicted molar refractivity (Wildman–Crippen MR) is 108 cm³/mol. The molecule has 6 heteroatoms. The number of hydrogen-bond acceptors (Lipinski definition) is 4. The van der Waals surface area contributed by atoms with Crippen molar-refractivity contribution in [3.8, 4) is 0 Å². The fraction of sp³-hybridized carbons (Fsp3) is 0.950. The third-order valence-electron chi connectivity index (χ3n) is 5.39. The number of hydrogen-bond donors (Lipinski definition) is 2. The van der Waals surface area contributed by atoms with Gasteiger partial charge in [0.1, 0.15) is 0 Å². The Kier molecular flexibility index (Phi) is 11.0. The van der Waals surface area contributed by atoms with Crippen LogP contribution >= 0.6 is 0 Å². The quantitative estimate of drug-likeness (QED) is 0.333. The van der Waals surface area contributed by atoms with Gasteiger partial charge in [-0.15, -0.1) is 0 Å². The summed E-state index contributed by atoms with van der Waals surface area (Å²) in [5, 5.41) is 6.80. The van der Waals surface area contributed by atoms with Crippen LogP contribution in [0.25, 0.3) is 0 Å². The van der Waals surface area contributed by atoms with E-state index in [2.05, 4.69) is 34.5 Å². The molecule has 1 saturated heterocycles. The van der Waals surface area contributed by atoms with E-state index in [4.69, 9.17) is 9.47 Å². The Bertz CT molecular complexity index is 380. The van der Waals surface area contributed by atoms with E-state index in [-0.39, 0.29) is 0 Å². The lowest BCUT2D eigenvalue weighted by atomic mass is 9.94. The molecular weight excluding hydrogens is 328 g/mol. The van der Waals surface area contributed by atoms with Gasteiger partial charge in [-0.05, 0) is 39.7 Å². The normalized spacial score (nSPS) is 22.1. The summed E-state index contributed by atoms with van der Waals surface area (Å²) < 4.78 is 11.1. The van der Waals surface area contributed by atoms with Crippen molar-refractivity contribution in [2.75, 3.05) is 59.7 Å². The lowest BCUT2D eigenvalue weighted by molar-refractivity contribution is 0.0893. The van der Waals surface area contributed by atoms with Crippen LogP contribution in [0.5, 0.6) is 0 Å². The van der Waals surface area contributed by atoms with Gasteiger partial charge in [-0.1, -0.05) is 19.3 Å². The molecule has 0 spiro atoms. The zero-order chi connectivity index (χ0) is 18.5. The maximum absolute atomic E-state index is 5.74. The van der Waals surface area contributed by atoms with E-state index >= 15 is 0 Å². The summed E-state index contributed by atoms with van der Waals surface area (Å²) in [6.45, 7) is 9.18. The molecule has 0 bridgehead atoms. The molecule has 1 aliphatic heterocycles. The second-order valence-electron chi connectivity index (χ2n) is 7.62. The Morgan fingerprint density at radius 3 is 2.77 bits per heavy atom. The van der Waals surface area contributed by atoms with Crippen LogP contribution in [-0.4, -0.2) is 76.6 Å². The maximum Gasteiger partial charge on any atom is 0.191 e. The molecule has 26 heavy (non-hydrogen) atoms. The lowest BCUT2D eigenvalue weighted by Crippen LogP contribution is -2.43. The highest BCUT2D eigenvalue weighted by Gasteiger charge is 2.17. The molecule has 1 aliphatic carbocycles. The van der Waals surface area contributed by atoms with E-state index in [0.29, 0.717) is 5.92 Å². The number of rotatable bonds is 11. The van der Waals surface area contributed by atoms with Crippen LogP contribution < -0.4 is 10.6 Å². The molecule has 2 N–H and O–H groups in total. The molecule has 1 saturated carbocycles. The molecule has 2 aliphatic rings. The van der Waals surface area contributed by atoms with Gasteiger partial charge in [0.25, 0.3) is 0 Å². The van der Waals surface area contributed by atoms with Gasteiger partial charge in [0.05, 0.1) is 13.2 Å². The number of nitrogens with zero attached hydrogens (tertiary/aromatic N) is 2. The highest BCUT2D eigenvalue weighted by Crippen LogP contribution is 2.21. The zero-order valence-corrected chi connectivity index (χ0v) is 17.0. The van der Waals surface area contributed by atoms with Crippen molar-refractivity contribution >= 4 is 5.96 Å². The minimum Gasteiger partial charge on any atom is -0.381 e. The molecule has 6 nitrogen and oxygen atoms in total. The summed E-state index contributed by atoms with van der Waals surface area (Å²) in [5.41, 5.74) is 0. The van der Waals surface area contributed by atoms with E-state index in [1.165, 1.54) is 32.1 Å². The first-order valence-corrected chi connectivity index (χ1v) is 10.7. The monoisotopic (exact) mass is 368 g/mol. The van der Waals surface area contributed by atoms with E-state index in [1.807, 2.05) is 0 Å². The highest BCUT2D eigenvalue weighted by molar-refractivity contribution is 5.79. The van der Waals surface area contributed by atoms with Gasteiger partial charge >= 0.3 is 0 Å². The average molecular weight is 369 g/mol. The Morgan fingerprint density at radius 2 is 2.04 bits per heavy atom. The minimum atomic E-state index is 0.596. The third-order valence-corrected chi connectivity index (χ3v) is 5.39. The molecule has 0 aromatic carbocycles. The van der Waals surface area contributed by atoms with Crippen LogP contribution in [0.15, 0.2) is 4.99 Å². The van der Waals surface area contributed by atoms with Crippen molar-refractivity contribution in [2.24, 2.45) is 10.9 Å². The standard InChI is InChI=1S/C20H40N4O2/c1-3-21-20(22-11-7-14-25-16-18-10-15-26-17-18)23-12-13-24(2)19-8-5-4-6-9-19/h18-19H,3-17H2,1-2H3,(H2,21,22,23). The van der Waals surface area contributed by atoms with E-state index in [1.54, 1.807) is 0 Å². The molecule has 152 valence electrons. The first-order chi connectivity index (χ1) is 12.8. The summed E-state index contributed by atoms with van der Waals surface area (Å²) in [6, 6.07) is 0.771. The van der Waals surface area contributed by atoms with Crippen molar-refractivity contribution in [3.63, 3.8) is 0 Å². The highest BCUT2D eigenvalue weighted by atomic mass is 16.5. The second kappa shape index (κ2) is 13.3. The molecule has 0 aromatic rings. The van der Waals surface area contributed by atoms with Crippen LogP contribution in [0.1, 0.15) is 51.9 Å². The molecular formula is C20H40N4O2. The van der Waals surface area contributed by atoms with E-state index in [9.17, 15) is 0 Å². The Morgan fingerprint density at radius 1 is 1.19 bits per heavy atom. The van der Waals surface area contributed by atoms with Gasteiger partial charge < -0.3 is 25.0 Å². The zero-order valence-electron chi connectivity index (χ0n) is 17.0. The Hall–Kier alpha value is -0.850. The average Bonchev–Trinajstić information content (AvgIpc) is 3.18. The van der Waals surface area contributed by atoms with Crippen LogP contribution in [0.3, 0.4) is 0 Å². The fourth-order valence-electron chi connectivity index (χ4n) is 3.72. The van der Waals surface area contributed by atoms with Crippen LogP contribution in [0, 0.1) is 5.92 Å². The first-order valence-electron chi connectivity index (χ1n) is 10.7. The van der Waals surface area contributed by atoms with Gasteiger partial charge in [-0.25, -0.2) is 0 Å². The van der Waals surface area contributed by atoms with E-state index in [0.717, 1.165) is 77.4 Å². The van der Waals surface area contributed by atoms with Gasteiger partial charge in [0.2, 0.25) is 0 Å². The Labute approximate surface area is 160 Å². The molecule has 2 fully saturated rings. The summed E-state index contributed by atoms with van der Waals surface area (Å²) >= 11 is 0. The number of likely N-dealkylation sites (N-methyl/N-ethyl adjacent to an activating group) is 1. The fourth-order valence-corrected chi connectivity index (χ4v) is 3.72. The number of guanidine groups is 1. The lowest BCUT2D eigenvalue weighted by Gasteiger charge is -2.31. The molecule has 1 atom stereocenters. The van der Waals surface area contributed by atoms with Crippen molar-refractivity contribution < 1.29 is 9.47 Å². The largest absolute Gasteiger partial charge is 0.381 e. The topological polar surface area (TPSA) is 58.1 Å². The van der Waals surface area contributed by atoms with Crippen LogP contribution in [-0.2, 0) is 9.47 Å². The van der Waals surface area contributed by atoms with Gasteiger partial charge in [-0.2, -0.15) is 0 Å². The summed E-state index contributed by atoms with van der Waals surface area (Å²) in [4.78, 5) is 7.17. The van der Waals surface area contributed by atoms with Crippen LogP contribution in [0.2, 0.25) is 0 Å². The first kappa shape index (κ1) is 21.5. The molecule has 0 amide bonds. The van der Waals surface area contributed by atoms with Gasteiger partial charge in [0.15, 0.2) is 5.96 Å². The van der Waals surface area contributed by atoms with Crippen LogP contribution in [0.4, 0.5) is 0 Å². The maximum atomic E-state index is 5.74. The number of nitrogens with one attached hydrogen (secondary N) is 2. The van der Waals surface area contributed by atoms with Gasteiger partial charge in [-0.3, -0.25) is 4.99 Å². The van der Waals surface area contributed by atoms with E-state index < -0.39 is 0 Å². The number of aliphatic imine (C=N–C) groups is 1. The summed E-state index contributed by atoms with van der Waals surface area (Å²) in [7, 11) is 2.26. The van der Waals surface area contributed by atoms with Crippen molar-refractivity contribution in [3.05, 3.63) is 0 Å². The summed E-state index contributed by atoms with van der Waals surface area (Å²) in [5.74, 6) is 1.52. The second-order valence-corrected chi connectivity index (χ2v) is 7.62.